The smallest absolute Gasteiger partial charge is 0.326 e. The van der Waals surface area contributed by atoms with E-state index in [1.165, 1.54) is 36.2 Å². The monoisotopic (exact) mass is 435 g/mol. The van der Waals surface area contributed by atoms with Gasteiger partial charge in [-0.25, -0.2) is 0 Å². The summed E-state index contributed by atoms with van der Waals surface area (Å²) >= 11 is 9.28. The average molecular weight is 436 g/mol. The summed E-state index contributed by atoms with van der Waals surface area (Å²) in [5, 5.41) is 2.23. The van der Waals surface area contributed by atoms with Gasteiger partial charge in [-0.3, -0.25) is 14.2 Å². The molecule has 2 aliphatic carbocycles. The standard InChI is InChI=1S/C21H22ClNO3S2/c1-2-26-15(24)10-23-20-19(28-21(23)25)16(11-5-7-14(22)8-6-11)17-12-3-4-13(9-12)18(17)27-20/h5-8,12-13,16-18H,2-4,9-10H2,1H3/t12?,13?,16-,17?,18?/m1/s1. The molecular formula is C21H22ClNO3S2. The molecule has 0 spiro atoms. The van der Waals surface area contributed by atoms with Gasteiger partial charge in [-0.15, -0.1) is 11.8 Å². The Bertz CT molecular complexity index is 967. The van der Waals surface area contributed by atoms with Crippen LogP contribution in [-0.2, 0) is 16.1 Å². The number of thiazole rings is 1. The van der Waals surface area contributed by atoms with Crippen molar-refractivity contribution in [2.75, 3.05) is 6.61 Å². The van der Waals surface area contributed by atoms with Crippen molar-refractivity contribution in [1.29, 1.82) is 0 Å². The number of esters is 1. The Hall–Kier alpha value is -1.24. The molecule has 3 aliphatic rings. The van der Waals surface area contributed by atoms with Gasteiger partial charge in [0.1, 0.15) is 6.54 Å². The van der Waals surface area contributed by atoms with E-state index in [9.17, 15) is 9.59 Å². The second-order valence-electron chi connectivity index (χ2n) is 7.95. The summed E-state index contributed by atoms with van der Waals surface area (Å²) in [6, 6.07) is 8.10. The molecule has 2 bridgehead atoms. The highest BCUT2D eigenvalue weighted by Crippen LogP contribution is 2.64. The number of carbonyl (C=O) groups excluding carboxylic acids is 1. The molecule has 1 aromatic carbocycles. The first kappa shape index (κ1) is 18.8. The zero-order valence-electron chi connectivity index (χ0n) is 15.6. The lowest BCUT2D eigenvalue weighted by atomic mass is 9.75. The summed E-state index contributed by atoms with van der Waals surface area (Å²) in [6.45, 7) is 2.12. The molecule has 1 aromatic heterocycles. The van der Waals surface area contributed by atoms with Crippen molar-refractivity contribution in [2.24, 2.45) is 17.8 Å². The Kier molecular flexibility index (Phi) is 4.84. The third-order valence-electron chi connectivity index (χ3n) is 6.51. The van der Waals surface area contributed by atoms with E-state index in [1.54, 1.807) is 11.5 Å². The molecule has 2 fully saturated rings. The van der Waals surface area contributed by atoms with Crippen molar-refractivity contribution in [2.45, 2.75) is 48.9 Å². The predicted octanol–water partition coefficient (Wildman–Crippen LogP) is 4.78. The highest BCUT2D eigenvalue weighted by molar-refractivity contribution is 8.00. The van der Waals surface area contributed by atoms with Crippen LogP contribution >= 0.6 is 34.7 Å². The minimum absolute atomic E-state index is 0.00429. The molecule has 2 heterocycles. The Balaban J connectivity index is 1.61. The minimum atomic E-state index is -0.344. The molecule has 1 aliphatic heterocycles. The zero-order valence-corrected chi connectivity index (χ0v) is 18.0. The van der Waals surface area contributed by atoms with Crippen molar-refractivity contribution in [3.05, 3.63) is 49.4 Å². The van der Waals surface area contributed by atoms with Gasteiger partial charge in [-0.1, -0.05) is 35.1 Å². The van der Waals surface area contributed by atoms with E-state index in [0.717, 1.165) is 20.8 Å². The van der Waals surface area contributed by atoms with Crippen LogP contribution in [0, 0.1) is 17.8 Å². The number of nitrogens with zero attached hydrogens (tertiary/aromatic N) is 1. The Labute approximate surface area is 177 Å². The molecule has 4 unspecified atom stereocenters. The van der Waals surface area contributed by atoms with Crippen LogP contribution in [0.15, 0.2) is 34.1 Å². The third-order valence-corrected chi connectivity index (χ3v) is 9.59. The first-order valence-electron chi connectivity index (χ1n) is 9.88. The van der Waals surface area contributed by atoms with Crippen molar-refractivity contribution >= 4 is 40.7 Å². The van der Waals surface area contributed by atoms with Crippen LogP contribution < -0.4 is 4.87 Å². The number of fused-ring (bicyclic) bond motifs is 6. The van der Waals surface area contributed by atoms with Gasteiger partial charge in [0.05, 0.1) is 11.6 Å². The van der Waals surface area contributed by atoms with Gasteiger partial charge in [-0.05, 0) is 61.6 Å². The lowest BCUT2D eigenvalue weighted by Crippen LogP contribution is -2.34. The van der Waals surface area contributed by atoms with E-state index >= 15 is 0 Å². The summed E-state index contributed by atoms with van der Waals surface area (Å²) in [7, 11) is 0. The number of halogens is 1. The lowest BCUT2D eigenvalue weighted by Gasteiger charge is -2.40. The van der Waals surface area contributed by atoms with Crippen molar-refractivity contribution < 1.29 is 9.53 Å². The number of aromatic nitrogens is 1. The summed E-state index contributed by atoms with van der Waals surface area (Å²) in [5.74, 6) is 1.88. The number of hydrogen-bond acceptors (Lipinski definition) is 5. The molecular weight excluding hydrogens is 414 g/mol. The zero-order chi connectivity index (χ0) is 19.4. The summed E-state index contributed by atoms with van der Waals surface area (Å²) < 4.78 is 6.75. The molecule has 5 atom stereocenters. The van der Waals surface area contributed by atoms with Gasteiger partial charge >= 0.3 is 10.8 Å². The molecule has 7 heteroatoms. The molecule has 0 saturated heterocycles. The van der Waals surface area contributed by atoms with E-state index < -0.39 is 0 Å². The highest BCUT2D eigenvalue weighted by Gasteiger charge is 2.55. The average Bonchev–Trinajstić information content (AvgIpc) is 3.36. The van der Waals surface area contributed by atoms with Crippen LogP contribution in [0.4, 0.5) is 0 Å². The van der Waals surface area contributed by atoms with E-state index in [-0.39, 0.29) is 23.3 Å². The number of thioether (sulfide) groups is 1. The fourth-order valence-corrected chi connectivity index (χ4v) is 8.74. The normalized spacial score (nSPS) is 30.1. The van der Waals surface area contributed by atoms with Gasteiger partial charge in [0.25, 0.3) is 0 Å². The number of benzene rings is 1. The number of hydrogen-bond donors (Lipinski definition) is 0. The molecule has 2 aromatic rings. The van der Waals surface area contributed by atoms with Crippen LogP contribution in [0.3, 0.4) is 0 Å². The van der Waals surface area contributed by atoms with Crippen molar-refractivity contribution in [3.63, 3.8) is 0 Å². The van der Waals surface area contributed by atoms with Crippen LogP contribution in [0.1, 0.15) is 42.5 Å². The third kappa shape index (κ3) is 2.96. The number of carbonyl (C=O) groups is 1. The van der Waals surface area contributed by atoms with Crippen LogP contribution in [0.5, 0.6) is 0 Å². The van der Waals surface area contributed by atoms with E-state index in [4.69, 9.17) is 16.3 Å². The molecule has 148 valence electrons. The Morgan fingerprint density at radius 1 is 1.25 bits per heavy atom. The summed E-state index contributed by atoms with van der Waals surface area (Å²) in [5.41, 5.74) is 1.23. The van der Waals surface area contributed by atoms with Crippen LogP contribution in [0.2, 0.25) is 5.02 Å². The van der Waals surface area contributed by atoms with Crippen LogP contribution in [0.25, 0.3) is 0 Å². The predicted molar refractivity (Wildman–Crippen MR) is 112 cm³/mol. The summed E-state index contributed by atoms with van der Waals surface area (Å²) in [6.07, 6.45) is 3.88. The second kappa shape index (κ2) is 7.22. The van der Waals surface area contributed by atoms with Crippen molar-refractivity contribution in [3.8, 4) is 0 Å². The molecule has 5 rings (SSSR count). The Morgan fingerprint density at radius 2 is 2.00 bits per heavy atom. The van der Waals surface area contributed by atoms with Crippen LogP contribution in [-0.4, -0.2) is 22.4 Å². The maximum Gasteiger partial charge on any atom is 0.326 e. The molecule has 0 N–H and O–H groups in total. The number of ether oxygens (including phenoxy) is 1. The fourth-order valence-electron chi connectivity index (χ4n) is 5.47. The number of rotatable bonds is 4. The SMILES string of the molecule is CCOC(=O)Cn1c2c(sc1=O)[C@H](c1ccc(Cl)cc1)C1C3CCC(C3)C1S2. The largest absolute Gasteiger partial charge is 0.465 e. The van der Waals surface area contributed by atoms with E-state index in [1.807, 2.05) is 23.9 Å². The summed E-state index contributed by atoms with van der Waals surface area (Å²) in [4.78, 5) is 26.0. The lowest BCUT2D eigenvalue weighted by molar-refractivity contribution is -0.144. The first-order chi connectivity index (χ1) is 13.6. The first-order valence-corrected chi connectivity index (χ1v) is 12.0. The van der Waals surface area contributed by atoms with E-state index in [0.29, 0.717) is 23.7 Å². The van der Waals surface area contributed by atoms with Gasteiger partial charge in [0.2, 0.25) is 0 Å². The quantitative estimate of drug-likeness (QED) is 0.648. The van der Waals surface area contributed by atoms with Crippen molar-refractivity contribution in [1.82, 2.24) is 4.57 Å². The molecule has 4 nitrogen and oxygen atoms in total. The maximum absolute atomic E-state index is 12.8. The molecule has 0 radical (unpaired) electrons. The van der Waals surface area contributed by atoms with Gasteiger partial charge < -0.3 is 4.74 Å². The minimum Gasteiger partial charge on any atom is -0.465 e. The molecule has 0 amide bonds. The topological polar surface area (TPSA) is 48.3 Å². The molecule has 2 saturated carbocycles. The molecule has 28 heavy (non-hydrogen) atoms. The Morgan fingerprint density at radius 3 is 2.75 bits per heavy atom. The highest BCUT2D eigenvalue weighted by atomic mass is 35.5. The maximum atomic E-state index is 12.8. The fraction of sp³-hybridized carbons (Fsp3) is 0.524. The van der Waals surface area contributed by atoms with Gasteiger partial charge in [0.15, 0.2) is 0 Å². The van der Waals surface area contributed by atoms with Gasteiger partial charge in [-0.2, -0.15) is 0 Å². The van der Waals surface area contributed by atoms with Gasteiger partial charge in [0, 0.05) is 21.1 Å². The van der Waals surface area contributed by atoms with E-state index in [2.05, 4.69) is 12.1 Å². The second-order valence-corrected chi connectivity index (χ2v) is 10.5.